The number of para-hydroxylation sites is 1. The highest BCUT2D eigenvalue weighted by molar-refractivity contribution is 5.99. The van der Waals surface area contributed by atoms with Gasteiger partial charge in [-0.25, -0.2) is 0 Å². The van der Waals surface area contributed by atoms with Crippen LogP contribution >= 0.6 is 0 Å². The van der Waals surface area contributed by atoms with Gasteiger partial charge in [-0.1, -0.05) is 47.5 Å². The van der Waals surface area contributed by atoms with E-state index in [9.17, 15) is 4.79 Å². The van der Waals surface area contributed by atoms with Gasteiger partial charge in [0.05, 0.1) is 0 Å². The molecule has 1 saturated heterocycles. The lowest BCUT2D eigenvalue weighted by atomic mass is 9.74. The standard InChI is InChI=1S/C27H34N2O2/c1-20(2)12-15-28-16-13-27(14-17-28)19-29(25-11-10-21(3)18-24(25)27)26(30)22(4)31-23-8-6-5-7-9-23/h5-12,18,22H,13-17,19H2,1-4H3. The maximum Gasteiger partial charge on any atom is 0.267 e. The first-order valence-corrected chi connectivity index (χ1v) is 11.4. The van der Waals surface area contributed by atoms with E-state index in [0.29, 0.717) is 0 Å². The molecule has 4 nitrogen and oxygen atoms in total. The Morgan fingerprint density at radius 3 is 2.52 bits per heavy atom. The molecule has 1 fully saturated rings. The second kappa shape index (κ2) is 8.88. The lowest BCUT2D eigenvalue weighted by Gasteiger charge is -2.39. The third-order valence-corrected chi connectivity index (χ3v) is 6.72. The molecule has 0 aromatic heterocycles. The molecule has 164 valence electrons. The number of amides is 1. The zero-order valence-electron chi connectivity index (χ0n) is 19.2. The molecule has 0 N–H and O–H groups in total. The van der Waals surface area contributed by atoms with Crippen LogP contribution in [0.5, 0.6) is 5.75 Å². The van der Waals surface area contributed by atoms with Crippen LogP contribution in [0.4, 0.5) is 5.69 Å². The Labute approximate surface area is 186 Å². The summed E-state index contributed by atoms with van der Waals surface area (Å²) in [6.07, 6.45) is 3.95. The van der Waals surface area contributed by atoms with E-state index in [4.69, 9.17) is 4.74 Å². The first kappa shape index (κ1) is 21.6. The summed E-state index contributed by atoms with van der Waals surface area (Å²) < 4.78 is 5.97. The van der Waals surface area contributed by atoms with Crippen molar-refractivity contribution in [3.63, 3.8) is 0 Å². The molecule has 31 heavy (non-hydrogen) atoms. The van der Waals surface area contributed by atoms with Crippen LogP contribution in [0.2, 0.25) is 0 Å². The van der Waals surface area contributed by atoms with Crippen LogP contribution in [-0.2, 0) is 10.2 Å². The van der Waals surface area contributed by atoms with Crippen LogP contribution in [0, 0.1) is 6.92 Å². The van der Waals surface area contributed by atoms with Gasteiger partial charge in [0.15, 0.2) is 6.10 Å². The van der Waals surface area contributed by atoms with Crippen molar-refractivity contribution in [1.82, 2.24) is 4.90 Å². The summed E-state index contributed by atoms with van der Waals surface area (Å²) in [4.78, 5) is 18.0. The van der Waals surface area contributed by atoms with E-state index in [1.165, 1.54) is 16.7 Å². The lowest BCUT2D eigenvalue weighted by molar-refractivity contribution is -0.124. The van der Waals surface area contributed by atoms with Crippen molar-refractivity contribution in [1.29, 1.82) is 0 Å². The van der Waals surface area contributed by atoms with Crippen molar-refractivity contribution < 1.29 is 9.53 Å². The van der Waals surface area contributed by atoms with Crippen molar-refractivity contribution in [3.05, 3.63) is 71.3 Å². The third kappa shape index (κ3) is 4.54. The van der Waals surface area contributed by atoms with E-state index in [0.717, 1.165) is 50.5 Å². The monoisotopic (exact) mass is 418 g/mol. The Morgan fingerprint density at radius 2 is 1.84 bits per heavy atom. The van der Waals surface area contributed by atoms with Gasteiger partial charge in [0.25, 0.3) is 5.91 Å². The van der Waals surface area contributed by atoms with Crippen molar-refractivity contribution in [3.8, 4) is 5.75 Å². The molecule has 1 amide bonds. The number of hydrogen-bond donors (Lipinski definition) is 0. The van der Waals surface area contributed by atoms with Gasteiger partial charge in [-0.05, 0) is 77.4 Å². The first-order chi connectivity index (χ1) is 14.9. The molecular formula is C27H34N2O2. The predicted octanol–water partition coefficient (Wildman–Crippen LogP) is 5.11. The molecule has 0 saturated carbocycles. The van der Waals surface area contributed by atoms with Gasteiger partial charge in [0.1, 0.15) is 5.75 Å². The van der Waals surface area contributed by atoms with Crippen molar-refractivity contribution in [2.45, 2.75) is 52.1 Å². The van der Waals surface area contributed by atoms with Crippen LogP contribution in [0.25, 0.3) is 0 Å². The average molecular weight is 419 g/mol. The smallest absolute Gasteiger partial charge is 0.267 e. The molecule has 1 atom stereocenters. The van der Waals surface area contributed by atoms with Gasteiger partial charge >= 0.3 is 0 Å². The summed E-state index contributed by atoms with van der Waals surface area (Å²) >= 11 is 0. The van der Waals surface area contributed by atoms with Crippen LogP contribution in [-0.4, -0.2) is 43.1 Å². The zero-order valence-corrected chi connectivity index (χ0v) is 19.2. The van der Waals surface area contributed by atoms with Crippen LogP contribution in [0.1, 0.15) is 44.7 Å². The number of carbonyl (C=O) groups excluding carboxylic acids is 1. The van der Waals surface area contributed by atoms with Crippen LogP contribution in [0.15, 0.2) is 60.2 Å². The number of anilines is 1. The molecule has 2 aliphatic rings. The van der Waals surface area contributed by atoms with Gasteiger partial charge in [0, 0.05) is 24.2 Å². The third-order valence-electron chi connectivity index (χ3n) is 6.72. The number of rotatable bonds is 5. The van der Waals surface area contributed by atoms with Gasteiger partial charge in [0.2, 0.25) is 0 Å². The Balaban J connectivity index is 1.54. The number of aryl methyl sites for hydroxylation is 1. The van der Waals surface area contributed by atoms with Crippen LogP contribution < -0.4 is 9.64 Å². The molecule has 2 aromatic rings. The van der Waals surface area contributed by atoms with E-state index in [1.807, 2.05) is 42.2 Å². The Kier molecular flexibility index (Phi) is 6.19. The summed E-state index contributed by atoms with van der Waals surface area (Å²) in [5.74, 6) is 0.770. The normalized spacial score (nSPS) is 18.5. The zero-order chi connectivity index (χ0) is 22.0. The largest absolute Gasteiger partial charge is 0.481 e. The summed E-state index contributed by atoms with van der Waals surface area (Å²) in [7, 11) is 0. The quantitative estimate of drug-likeness (QED) is 0.633. The van der Waals surface area contributed by atoms with Crippen LogP contribution in [0.3, 0.4) is 0 Å². The number of nitrogens with zero attached hydrogens (tertiary/aromatic N) is 2. The highest BCUT2D eigenvalue weighted by atomic mass is 16.5. The molecule has 2 heterocycles. The summed E-state index contributed by atoms with van der Waals surface area (Å²) in [5.41, 5.74) is 5.08. The number of hydrogen-bond acceptors (Lipinski definition) is 3. The molecule has 0 aliphatic carbocycles. The molecular weight excluding hydrogens is 384 g/mol. The van der Waals surface area contributed by atoms with Gasteiger partial charge < -0.3 is 9.64 Å². The molecule has 2 aromatic carbocycles. The average Bonchev–Trinajstić information content (AvgIpc) is 3.06. The van der Waals surface area contributed by atoms with E-state index in [2.05, 4.69) is 49.9 Å². The molecule has 1 spiro atoms. The minimum absolute atomic E-state index is 0.0396. The Morgan fingerprint density at radius 1 is 1.13 bits per heavy atom. The minimum atomic E-state index is -0.524. The summed E-state index contributed by atoms with van der Waals surface area (Å²) in [6.45, 7) is 12.2. The number of piperidine rings is 1. The molecule has 0 radical (unpaired) electrons. The Hall–Kier alpha value is -2.59. The first-order valence-electron chi connectivity index (χ1n) is 11.4. The van der Waals surface area contributed by atoms with E-state index >= 15 is 0 Å². The maximum absolute atomic E-state index is 13.4. The van der Waals surface area contributed by atoms with Crippen molar-refractivity contribution >= 4 is 11.6 Å². The van der Waals surface area contributed by atoms with E-state index in [1.54, 1.807) is 0 Å². The van der Waals surface area contributed by atoms with Gasteiger partial charge in [-0.3, -0.25) is 9.69 Å². The molecule has 1 unspecified atom stereocenters. The number of ether oxygens (including phenoxy) is 1. The fraction of sp³-hybridized carbons (Fsp3) is 0.444. The van der Waals surface area contributed by atoms with E-state index < -0.39 is 6.10 Å². The molecule has 0 bridgehead atoms. The predicted molar refractivity (Wildman–Crippen MR) is 127 cm³/mol. The number of fused-ring (bicyclic) bond motifs is 2. The molecule has 2 aliphatic heterocycles. The van der Waals surface area contributed by atoms with Crippen molar-refractivity contribution in [2.24, 2.45) is 0 Å². The number of allylic oxidation sites excluding steroid dienone is 1. The number of benzene rings is 2. The summed E-state index contributed by atoms with van der Waals surface area (Å²) in [5, 5.41) is 0. The highest BCUT2D eigenvalue weighted by Crippen LogP contribution is 2.47. The number of carbonyl (C=O) groups is 1. The molecule has 4 heteroatoms. The Bertz CT molecular complexity index is 954. The SMILES string of the molecule is CC(C)=CCN1CCC2(CC1)CN(C(=O)C(C)Oc1ccccc1)c1ccc(C)cc12. The second-order valence-electron chi connectivity index (χ2n) is 9.38. The lowest BCUT2D eigenvalue weighted by Crippen LogP contribution is -2.48. The second-order valence-corrected chi connectivity index (χ2v) is 9.38. The van der Waals surface area contributed by atoms with Gasteiger partial charge in [-0.15, -0.1) is 0 Å². The van der Waals surface area contributed by atoms with Gasteiger partial charge in [-0.2, -0.15) is 0 Å². The van der Waals surface area contributed by atoms with E-state index in [-0.39, 0.29) is 11.3 Å². The topological polar surface area (TPSA) is 32.8 Å². The summed E-state index contributed by atoms with van der Waals surface area (Å²) in [6, 6.07) is 16.1. The molecule has 4 rings (SSSR count). The highest BCUT2D eigenvalue weighted by Gasteiger charge is 2.47. The maximum atomic E-state index is 13.4. The minimum Gasteiger partial charge on any atom is -0.481 e. The fourth-order valence-corrected chi connectivity index (χ4v) is 4.86. The fourth-order valence-electron chi connectivity index (χ4n) is 4.86. The number of likely N-dealkylation sites (tertiary alicyclic amines) is 1. The van der Waals surface area contributed by atoms with Crippen molar-refractivity contribution in [2.75, 3.05) is 31.1 Å².